The quantitative estimate of drug-likeness (QED) is 0.425. The van der Waals surface area contributed by atoms with Crippen molar-refractivity contribution >= 4 is 17.8 Å². The molecule has 27 heavy (non-hydrogen) atoms. The summed E-state index contributed by atoms with van der Waals surface area (Å²) in [6, 6.07) is 12.0. The van der Waals surface area contributed by atoms with Crippen molar-refractivity contribution in [3.05, 3.63) is 65.5 Å². The summed E-state index contributed by atoms with van der Waals surface area (Å²) >= 11 is 0. The minimum absolute atomic E-state index is 0.0634. The molecule has 0 aliphatic heterocycles. The Balaban J connectivity index is 0.000000527. The van der Waals surface area contributed by atoms with Crippen LogP contribution in [-0.4, -0.2) is 46.1 Å². The Bertz CT molecular complexity index is 721. The van der Waals surface area contributed by atoms with E-state index in [4.69, 9.17) is 19.8 Å². The number of pyridine rings is 1. The van der Waals surface area contributed by atoms with Crippen molar-refractivity contribution < 1.29 is 24.6 Å². The van der Waals surface area contributed by atoms with Crippen LogP contribution < -0.4 is 10.6 Å². The predicted octanol–water partition coefficient (Wildman–Crippen LogP) is 1.32. The highest BCUT2D eigenvalue weighted by atomic mass is 16.4. The number of aliphatic carboxylic acids is 2. The van der Waals surface area contributed by atoms with Crippen LogP contribution in [0, 0.1) is 0 Å². The van der Waals surface area contributed by atoms with E-state index in [1.54, 1.807) is 24.5 Å². The molecule has 1 amide bonds. The Morgan fingerprint density at radius 2 is 1.44 bits per heavy atom. The summed E-state index contributed by atoms with van der Waals surface area (Å²) in [5.41, 5.74) is 3.25. The van der Waals surface area contributed by atoms with Crippen LogP contribution in [0.5, 0.6) is 0 Å². The number of carboxylic acid groups (broad SMARTS) is 2. The third kappa shape index (κ3) is 9.13. The zero-order valence-corrected chi connectivity index (χ0v) is 15.0. The van der Waals surface area contributed by atoms with Gasteiger partial charge in [0.15, 0.2) is 0 Å². The van der Waals surface area contributed by atoms with Gasteiger partial charge in [0.2, 0.25) is 0 Å². The number of hydrogen-bond donors (Lipinski definition) is 4. The molecule has 4 N–H and O–H groups in total. The molecule has 0 radical (unpaired) electrons. The van der Waals surface area contributed by atoms with Crippen molar-refractivity contribution in [3.63, 3.8) is 0 Å². The largest absolute Gasteiger partial charge is 0.473 e. The first-order valence-electron chi connectivity index (χ1n) is 8.37. The molecule has 1 aromatic carbocycles. The maximum Gasteiger partial charge on any atom is 0.414 e. The van der Waals surface area contributed by atoms with Crippen LogP contribution in [0.2, 0.25) is 0 Å². The second kappa shape index (κ2) is 12.2. The lowest BCUT2D eigenvalue weighted by Crippen LogP contribution is -2.31. The number of nitrogens with zero attached hydrogens (tertiary/aromatic N) is 1. The van der Waals surface area contributed by atoms with Gasteiger partial charge in [-0.2, -0.15) is 0 Å². The van der Waals surface area contributed by atoms with Crippen LogP contribution in [-0.2, 0) is 22.6 Å². The molecule has 0 fully saturated rings. The van der Waals surface area contributed by atoms with Gasteiger partial charge in [0.05, 0.1) is 0 Å². The fourth-order valence-corrected chi connectivity index (χ4v) is 2.00. The number of rotatable bonds is 7. The van der Waals surface area contributed by atoms with Crippen LogP contribution in [0.4, 0.5) is 0 Å². The van der Waals surface area contributed by atoms with Gasteiger partial charge in [0.25, 0.3) is 5.91 Å². The molecule has 0 atom stereocenters. The number of amides is 1. The monoisotopic (exact) mass is 373 g/mol. The van der Waals surface area contributed by atoms with E-state index in [-0.39, 0.29) is 5.91 Å². The van der Waals surface area contributed by atoms with Crippen molar-refractivity contribution in [2.75, 3.05) is 13.1 Å². The van der Waals surface area contributed by atoms with Crippen molar-refractivity contribution in [2.24, 2.45) is 0 Å². The normalized spacial score (nSPS) is 9.67. The lowest BCUT2D eigenvalue weighted by Gasteiger charge is -2.07. The van der Waals surface area contributed by atoms with Crippen molar-refractivity contribution in [1.29, 1.82) is 0 Å². The molecule has 0 bridgehead atoms. The molecular weight excluding hydrogens is 350 g/mol. The highest BCUT2D eigenvalue weighted by Gasteiger charge is 2.04. The third-order valence-corrected chi connectivity index (χ3v) is 3.47. The van der Waals surface area contributed by atoms with Gasteiger partial charge in [-0.25, -0.2) is 9.59 Å². The first kappa shape index (κ1) is 21.8. The molecule has 0 spiro atoms. The Morgan fingerprint density at radius 1 is 0.889 bits per heavy atom. The molecule has 0 unspecified atom stereocenters. The van der Waals surface area contributed by atoms with Crippen molar-refractivity contribution in [2.45, 2.75) is 19.9 Å². The number of carbonyl (C=O) groups excluding carboxylic acids is 1. The SMILES string of the molecule is CCc1ccc(CNCCNC(=O)c2ccncc2)cc1.O=C(O)C(=O)O. The molecule has 1 heterocycles. The van der Waals surface area contributed by atoms with E-state index in [0.29, 0.717) is 12.1 Å². The summed E-state index contributed by atoms with van der Waals surface area (Å²) in [6.45, 7) is 4.31. The molecule has 0 saturated carbocycles. The zero-order chi connectivity index (χ0) is 20.1. The molecule has 1 aromatic heterocycles. The van der Waals surface area contributed by atoms with Gasteiger partial charge in [0.1, 0.15) is 0 Å². The minimum atomic E-state index is -1.82. The number of benzene rings is 1. The molecule has 0 saturated heterocycles. The summed E-state index contributed by atoms with van der Waals surface area (Å²) in [5.74, 6) is -3.71. The summed E-state index contributed by atoms with van der Waals surface area (Å²) in [4.78, 5) is 33.9. The Kier molecular flexibility index (Phi) is 9.80. The topological polar surface area (TPSA) is 129 Å². The summed E-state index contributed by atoms with van der Waals surface area (Å²) in [7, 11) is 0. The summed E-state index contributed by atoms with van der Waals surface area (Å²) in [6.07, 6.45) is 4.30. The fourth-order valence-electron chi connectivity index (χ4n) is 2.00. The smallest absolute Gasteiger partial charge is 0.414 e. The second-order valence-electron chi connectivity index (χ2n) is 5.45. The first-order chi connectivity index (χ1) is 12.9. The van der Waals surface area contributed by atoms with Gasteiger partial charge in [-0.1, -0.05) is 31.2 Å². The first-order valence-corrected chi connectivity index (χ1v) is 8.37. The average molecular weight is 373 g/mol. The Morgan fingerprint density at radius 3 is 1.96 bits per heavy atom. The van der Waals surface area contributed by atoms with E-state index < -0.39 is 11.9 Å². The number of nitrogens with one attached hydrogen (secondary N) is 2. The van der Waals surface area contributed by atoms with Crippen molar-refractivity contribution in [3.8, 4) is 0 Å². The maximum absolute atomic E-state index is 11.8. The third-order valence-electron chi connectivity index (χ3n) is 3.47. The standard InChI is InChI=1S/C17H21N3O.C2H2O4/c1-2-14-3-5-15(6-4-14)13-19-11-12-20-17(21)16-7-9-18-10-8-16;3-1(4)2(5)6/h3-10,19H,2,11-13H2,1H3,(H,20,21);(H,3,4)(H,5,6). The molecule has 2 aromatic rings. The Hall–Kier alpha value is -3.26. The van der Waals surface area contributed by atoms with E-state index in [1.807, 2.05) is 0 Å². The highest BCUT2D eigenvalue weighted by Crippen LogP contribution is 2.04. The number of aromatic nitrogens is 1. The van der Waals surface area contributed by atoms with Gasteiger partial charge >= 0.3 is 11.9 Å². The van der Waals surface area contributed by atoms with Gasteiger partial charge in [-0.15, -0.1) is 0 Å². The van der Waals surface area contributed by atoms with Gasteiger partial charge in [-0.3, -0.25) is 9.78 Å². The molecule has 2 rings (SSSR count). The van der Waals surface area contributed by atoms with E-state index in [0.717, 1.165) is 19.5 Å². The van der Waals surface area contributed by atoms with Gasteiger partial charge in [-0.05, 0) is 29.7 Å². The van der Waals surface area contributed by atoms with Gasteiger partial charge < -0.3 is 20.8 Å². The minimum Gasteiger partial charge on any atom is -0.473 e. The van der Waals surface area contributed by atoms with Crippen LogP contribution in [0.25, 0.3) is 0 Å². The number of carbonyl (C=O) groups is 3. The molecule has 0 aliphatic carbocycles. The van der Waals surface area contributed by atoms with Crippen molar-refractivity contribution in [1.82, 2.24) is 15.6 Å². The van der Waals surface area contributed by atoms with E-state index in [2.05, 4.69) is 46.8 Å². The number of aryl methyl sites for hydroxylation is 1. The summed E-state index contributed by atoms with van der Waals surface area (Å²) < 4.78 is 0. The lowest BCUT2D eigenvalue weighted by molar-refractivity contribution is -0.159. The molecule has 8 nitrogen and oxygen atoms in total. The molecule has 8 heteroatoms. The van der Waals surface area contributed by atoms with Crippen LogP contribution in [0.1, 0.15) is 28.4 Å². The number of hydrogen-bond acceptors (Lipinski definition) is 5. The zero-order valence-electron chi connectivity index (χ0n) is 15.0. The van der Waals surface area contributed by atoms with Crippen LogP contribution >= 0.6 is 0 Å². The predicted molar refractivity (Wildman–Crippen MR) is 99.4 cm³/mol. The fraction of sp³-hybridized carbons (Fsp3) is 0.263. The molecular formula is C19H23N3O5. The van der Waals surface area contributed by atoms with E-state index in [1.165, 1.54) is 11.1 Å². The average Bonchev–Trinajstić information content (AvgIpc) is 2.69. The lowest BCUT2D eigenvalue weighted by atomic mass is 10.1. The van der Waals surface area contributed by atoms with Crippen LogP contribution in [0.15, 0.2) is 48.8 Å². The summed E-state index contributed by atoms with van der Waals surface area (Å²) in [5, 5.41) is 21.0. The number of carboxylic acids is 2. The maximum atomic E-state index is 11.8. The van der Waals surface area contributed by atoms with Crippen LogP contribution in [0.3, 0.4) is 0 Å². The van der Waals surface area contributed by atoms with E-state index in [9.17, 15) is 4.79 Å². The Labute approximate surface area is 157 Å². The second-order valence-corrected chi connectivity index (χ2v) is 5.45. The molecule has 144 valence electrons. The molecule has 0 aliphatic rings. The van der Waals surface area contributed by atoms with E-state index >= 15 is 0 Å². The van der Waals surface area contributed by atoms with Gasteiger partial charge in [0, 0.05) is 37.6 Å². The highest BCUT2D eigenvalue weighted by molar-refractivity contribution is 6.27.